The molecule has 6 nitrogen and oxygen atoms in total. The van der Waals surface area contributed by atoms with Crippen molar-refractivity contribution < 1.29 is 14.3 Å². The minimum Gasteiger partial charge on any atom is -0.490 e. The number of amides is 2. The Labute approximate surface area is 167 Å². The third kappa shape index (κ3) is 4.66. The SMILES string of the molecule is CC(=O)NC1CCC(N2CCN(C(=O)c3ccccc3OC3CC3)CC2)CC1. The van der Waals surface area contributed by atoms with Crippen LogP contribution in [0.5, 0.6) is 5.75 Å². The maximum atomic E-state index is 13.0. The van der Waals surface area contributed by atoms with E-state index in [0.29, 0.717) is 23.8 Å². The van der Waals surface area contributed by atoms with Gasteiger partial charge in [0, 0.05) is 45.2 Å². The molecule has 6 heteroatoms. The van der Waals surface area contributed by atoms with E-state index in [4.69, 9.17) is 4.74 Å². The molecule has 1 heterocycles. The molecule has 1 aromatic carbocycles. The summed E-state index contributed by atoms with van der Waals surface area (Å²) in [7, 11) is 0. The molecule has 2 aliphatic carbocycles. The van der Waals surface area contributed by atoms with Gasteiger partial charge in [-0.15, -0.1) is 0 Å². The van der Waals surface area contributed by atoms with E-state index in [0.717, 1.165) is 70.5 Å². The summed E-state index contributed by atoms with van der Waals surface area (Å²) in [4.78, 5) is 28.8. The lowest BCUT2D eigenvalue weighted by molar-refractivity contribution is -0.119. The summed E-state index contributed by atoms with van der Waals surface area (Å²) in [6.07, 6.45) is 6.81. The van der Waals surface area contributed by atoms with Gasteiger partial charge in [-0.1, -0.05) is 12.1 Å². The molecule has 0 bridgehead atoms. The molecule has 2 amide bonds. The van der Waals surface area contributed by atoms with Crippen LogP contribution in [-0.2, 0) is 4.79 Å². The Morgan fingerprint density at radius 2 is 1.64 bits per heavy atom. The number of piperazine rings is 1. The summed E-state index contributed by atoms with van der Waals surface area (Å²) in [6, 6.07) is 8.55. The van der Waals surface area contributed by atoms with Gasteiger partial charge in [-0.3, -0.25) is 14.5 Å². The minimum absolute atomic E-state index is 0.0709. The van der Waals surface area contributed by atoms with Crippen molar-refractivity contribution >= 4 is 11.8 Å². The second-order valence-corrected chi connectivity index (χ2v) is 8.35. The number of carbonyl (C=O) groups is 2. The number of hydrogen-bond donors (Lipinski definition) is 1. The lowest BCUT2D eigenvalue weighted by Gasteiger charge is -2.42. The van der Waals surface area contributed by atoms with Crippen LogP contribution in [0.25, 0.3) is 0 Å². The van der Waals surface area contributed by atoms with Gasteiger partial charge >= 0.3 is 0 Å². The first-order chi connectivity index (χ1) is 13.6. The second-order valence-electron chi connectivity index (χ2n) is 8.35. The predicted octanol–water partition coefficient (Wildman–Crippen LogP) is 2.43. The smallest absolute Gasteiger partial charge is 0.257 e. The number of carbonyl (C=O) groups excluding carboxylic acids is 2. The molecule has 0 spiro atoms. The van der Waals surface area contributed by atoms with E-state index in [1.807, 2.05) is 29.2 Å². The van der Waals surface area contributed by atoms with Gasteiger partial charge in [0.15, 0.2) is 0 Å². The summed E-state index contributed by atoms with van der Waals surface area (Å²) >= 11 is 0. The van der Waals surface area contributed by atoms with Crippen molar-refractivity contribution in [3.8, 4) is 5.75 Å². The van der Waals surface area contributed by atoms with Gasteiger partial charge in [-0.25, -0.2) is 0 Å². The zero-order valence-corrected chi connectivity index (χ0v) is 16.7. The van der Waals surface area contributed by atoms with Gasteiger partial charge < -0.3 is 15.0 Å². The summed E-state index contributed by atoms with van der Waals surface area (Å²) in [5, 5.41) is 3.05. The molecule has 0 unspecified atom stereocenters. The van der Waals surface area contributed by atoms with Crippen molar-refractivity contribution in [1.29, 1.82) is 0 Å². The van der Waals surface area contributed by atoms with Gasteiger partial charge in [0.1, 0.15) is 5.75 Å². The molecule has 1 aromatic rings. The minimum atomic E-state index is 0.0709. The van der Waals surface area contributed by atoms with E-state index in [2.05, 4.69) is 10.2 Å². The zero-order valence-electron chi connectivity index (χ0n) is 16.7. The fourth-order valence-corrected chi connectivity index (χ4v) is 4.44. The Kier molecular flexibility index (Phi) is 5.85. The van der Waals surface area contributed by atoms with Crippen LogP contribution in [-0.4, -0.2) is 66.0 Å². The Bertz CT molecular complexity index is 703. The van der Waals surface area contributed by atoms with Crippen molar-refractivity contribution in [1.82, 2.24) is 15.1 Å². The molecule has 0 radical (unpaired) electrons. The molecule has 1 saturated heterocycles. The monoisotopic (exact) mass is 385 g/mol. The first kappa shape index (κ1) is 19.2. The molecule has 4 rings (SSSR count). The zero-order chi connectivity index (χ0) is 19.5. The lowest BCUT2D eigenvalue weighted by atomic mass is 9.89. The van der Waals surface area contributed by atoms with E-state index in [-0.39, 0.29) is 11.8 Å². The molecule has 28 heavy (non-hydrogen) atoms. The molecule has 3 aliphatic rings. The molecule has 0 aromatic heterocycles. The van der Waals surface area contributed by atoms with Crippen LogP contribution in [0.15, 0.2) is 24.3 Å². The van der Waals surface area contributed by atoms with Crippen molar-refractivity contribution in [3.05, 3.63) is 29.8 Å². The summed E-state index contributed by atoms with van der Waals surface area (Å²) in [5.74, 6) is 0.889. The molecule has 1 N–H and O–H groups in total. The van der Waals surface area contributed by atoms with Crippen LogP contribution in [0.4, 0.5) is 0 Å². The van der Waals surface area contributed by atoms with Gasteiger partial charge in [0.2, 0.25) is 5.91 Å². The second kappa shape index (κ2) is 8.52. The normalized spacial score (nSPS) is 26.0. The van der Waals surface area contributed by atoms with Gasteiger partial charge in [0.05, 0.1) is 11.7 Å². The number of ether oxygens (including phenoxy) is 1. The number of para-hydroxylation sites is 1. The number of nitrogens with one attached hydrogen (secondary N) is 1. The summed E-state index contributed by atoms with van der Waals surface area (Å²) in [5.41, 5.74) is 0.693. The first-order valence-electron chi connectivity index (χ1n) is 10.7. The molecule has 152 valence electrons. The Balaban J connectivity index is 1.29. The quantitative estimate of drug-likeness (QED) is 0.846. The van der Waals surface area contributed by atoms with Crippen LogP contribution in [0.3, 0.4) is 0 Å². The van der Waals surface area contributed by atoms with Crippen LogP contribution >= 0.6 is 0 Å². The summed E-state index contributed by atoms with van der Waals surface area (Å²) < 4.78 is 5.93. The van der Waals surface area contributed by atoms with E-state index < -0.39 is 0 Å². The fourth-order valence-electron chi connectivity index (χ4n) is 4.44. The Morgan fingerprint density at radius 1 is 0.964 bits per heavy atom. The van der Waals surface area contributed by atoms with Crippen LogP contribution in [0.2, 0.25) is 0 Å². The first-order valence-corrected chi connectivity index (χ1v) is 10.7. The van der Waals surface area contributed by atoms with Gasteiger partial charge in [0.25, 0.3) is 5.91 Å². The van der Waals surface area contributed by atoms with E-state index in [1.54, 1.807) is 6.92 Å². The molecule has 2 saturated carbocycles. The number of benzene rings is 1. The van der Waals surface area contributed by atoms with E-state index >= 15 is 0 Å². The third-order valence-electron chi connectivity index (χ3n) is 6.16. The molecule has 1 aliphatic heterocycles. The largest absolute Gasteiger partial charge is 0.490 e. The highest BCUT2D eigenvalue weighted by Crippen LogP contribution is 2.30. The van der Waals surface area contributed by atoms with Crippen LogP contribution < -0.4 is 10.1 Å². The van der Waals surface area contributed by atoms with Gasteiger partial charge in [-0.05, 0) is 50.7 Å². The summed E-state index contributed by atoms with van der Waals surface area (Å²) in [6.45, 7) is 4.97. The van der Waals surface area contributed by atoms with Crippen LogP contribution in [0.1, 0.15) is 55.8 Å². The highest BCUT2D eigenvalue weighted by atomic mass is 16.5. The van der Waals surface area contributed by atoms with Crippen LogP contribution in [0, 0.1) is 0 Å². The topological polar surface area (TPSA) is 61.9 Å². The number of rotatable bonds is 5. The van der Waals surface area contributed by atoms with Crippen molar-refractivity contribution in [3.63, 3.8) is 0 Å². The third-order valence-corrected chi connectivity index (χ3v) is 6.16. The molecule has 3 fully saturated rings. The maximum absolute atomic E-state index is 13.0. The van der Waals surface area contributed by atoms with E-state index in [1.165, 1.54) is 0 Å². The number of hydrogen-bond acceptors (Lipinski definition) is 4. The average Bonchev–Trinajstić information content (AvgIpc) is 3.52. The van der Waals surface area contributed by atoms with Gasteiger partial charge in [-0.2, -0.15) is 0 Å². The average molecular weight is 386 g/mol. The maximum Gasteiger partial charge on any atom is 0.257 e. The predicted molar refractivity (Wildman–Crippen MR) is 107 cm³/mol. The molecular formula is C22H31N3O3. The van der Waals surface area contributed by atoms with Crippen molar-refractivity contribution in [2.75, 3.05) is 26.2 Å². The lowest BCUT2D eigenvalue weighted by Crippen LogP contribution is -2.53. The standard InChI is InChI=1S/C22H31N3O3/c1-16(26)23-17-6-8-18(9-7-17)24-12-14-25(15-13-24)22(27)20-4-2-3-5-21(20)28-19-10-11-19/h2-5,17-19H,6-15H2,1H3,(H,23,26). The number of nitrogens with zero attached hydrogens (tertiary/aromatic N) is 2. The Hall–Kier alpha value is -2.08. The van der Waals surface area contributed by atoms with Crippen molar-refractivity contribution in [2.45, 2.75) is 63.6 Å². The fraction of sp³-hybridized carbons (Fsp3) is 0.636. The highest BCUT2D eigenvalue weighted by molar-refractivity contribution is 5.97. The molecular weight excluding hydrogens is 354 g/mol. The van der Waals surface area contributed by atoms with Crippen molar-refractivity contribution in [2.24, 2.45) is 0 Å². The Morgan fingerprint density at radius 3 is 2.29 bits per heavy atom. The molecule has 0 atom stereocenters. The highest BCUT2D eigenvalue weighted by Gasteiger charge is 2.31. The van der Waals surface area contributed by atoms with E-state index in [9.17, 15) is 9.59 Å².